The van der Waals surface area contributed by atoms with E-state index >= 15 is 0 Å². The zero-order valence-corrected chi connectivity index (χ0v) is 13.2. The third-order valence-electron chi connectivity index (χ3n) is 3.16. The lowest BCUT2D eigenvalue weighted by molar-refractivity contribution is -0.147. The van der Waals surface area contributed by atoms with Gasteiger partial charge < -0.3 is 19.9 Å². The van der Waals surface area contributed by atoms with Gasteiger partial charge >= 0.3 is 5.97 Å². The van der Waals surface area contributed by atoms with Crippen molar-refractivity contribution in [1.29, 1.82) is 0 Å². The van der Waals surface area contributed by atoms with Gasteiger partial charge in [-0.25, -0.2) is 0 Å². The number of ether oxygens (including phenoxy) is 2. The van der Waals surface area contributed by atoms with E-state index in [0.717, 1.165) is 0 Å². The molecule has 6 nitrogen and oxygen atoms in total. The van der Waals surface area contributed by atoms with Gasteiger partial charge in [0.25, 0.3) is 5.91 Å². The number of hydrogen-bond acceptors (Lipinski definition) is 4. The molecule has 0 bridgehead atoms. The number of nitrogens with one attached hydrogen (secondary N) is 1. The number of aliphatic carboxylic acids is 1. The number of carbonyl (C=O) groups excluding carboxylic acids is 1. The maximum atomic E-state index is 11.7. The summed E-state index contributed by atoms with van der Waals surface area (Å²) >= 11 is 0. The number of carboxylic acids is 1. The molecule has 0 aliphatic rings. The van der Waals surface area contributed by atoms with Crippen LogP contribution >= 0.6 is 0 Å². The minimum atomic E-state index is -0.886. The summed E-state index contributed by atoms with van der Waals surface area (Å²) in [5, 5.41) is 11.6. The van der Waals surface area contributed by atoms with Crippen LogP contribution in [0.2, 0.25) is 0 Å². The van der Waals surface area contributed by atoms with Crippen LogP contribution in [0.1, 0.15) is 27.2 Å². The summed E-state index contributed by atoms with van der Waals surface area (Å²) in [5.74, 6) is -0.0914. The Kier molecular flexibility index (Phi) is 6.69. The van der Waals surface area contributed by atoms with Crippen LogP contribution in [0, 0.1) is 5.41 Å². The molecule has 0 aliphatic carbocycles. The molecule has 1 rings (SSSR count). The van der Waals surface area contributed by atoms with Crippen LogP contribution < -0.4 is 14.8 Å². The Bertz CT molecular complexity index is 513. The first-order valence-electron chi connectivity index (χ1n) is 7.21. The van der Waals surface area contributed by atoms with Crippen LogP contribution in [0.3, 0.4) is 0 Å². The van der Waals surface area contributed by atoms with Crippen molar-refractivity contribution >= 4 is 11.9 Å². The molecule has 0 atom stereocenters. The molecule has 122 valence electrons. The number of benzene rings is 1. The lowest BCUT2D eigenvalue weighted by atomic mass is 9.90. The van der Waals surface area contributed by atoms with Gasteiger partial charge in [0.2, 0.25) is 0 Å². The van der Waals surface area contributed by atoms with Gasteiger partial charge in [-0.15, -0.1) is 0 Å². The average Bonchev–Trinajstić information content (AvgIpc) is 2.46. The molecule has 22 heavy (non-hydrogen) atoms. The van der Waals surface area contributed by atoms with Gasteiger partial charge in [0.15, 0.2) is 18.1 Å². The maximum absolute atomic E-state index is 11.7. The van der Waals surface area contributed by atoms with Crippen molar-refractivity contribution in [2.45, 2.75) is 27.2 Å². The predicted octanol–water partition coefficient (Wildman–Crippen LogP) is 2.08. The molecule has 0 saturated carbocycles. The molecular formula is C16H23NO5. The number of amides is 1. The lowest BCUT2D eigenvalue weighted by Crippen LogP contribution is -2.34. The molecule has 0 saturated heterocycles. The first kappa shape index (κ1) is 17.8. The maximum Gasteiger partial charge on any atom is 0.309 e. The van der Waals surface area contributed by atoms with Gasteiger partial charge in [0.1, 0.15) is 0 Å². The van der Waals surface area contributed by atoms with Crippen molar-refractivity contribution in [3.8, 4) is 11.5 Å². The fourth-order valence-corrected chi connectivity index (χ4v) is 1.66. The normalized spacial score (nSPS) is 10.9. The van der Waals surface area contributed by atoms with E-state index in [-0.39, 0.29) is 19.1 Å². The Morgan fingerprint density at radius 1 is 1.18 bits per heavy atom. The van der Waals surface area contributed by atoms with Crippen molar-refractivity contribution < 1.29 is 24.2 Å². The zero-order valence-electron chi connectivity index (χ0n) is 13.2. The summed E-state index contributed by atoms with van der Waals surface area (Å²) < 4.78 is 10.8. The molecule has 0 radical (unpaired) electrons. The topological polar surface area (TPSA) is 84.9 Å². The Morgan fingerprint density at radius 2 is 1.77 bits per heavy atom. The molecule has 0 spiro atoms. The van der Waals surface area contributed by atoms with Crippen LogP contribution in [-0.2, 0) is 9.59 Å². The number of hydrogen-bond donors (Lipinski definition) is 2. The van der Waals surface area contributed by atoms with Gasteiger partial charge in [-0.3, -0.25) is 9.59 Å². The van der Waals surface area contributed by atoms with Gasteiger partial charge in [0, 0.05) is 6.54 Å². The van der Waals surface area contributed by atoms with E-state index < -0.39 is 11.4 Å². The van der Waals surface area contributed by atoms with E-state index in [2.05, 4.69) is 5.32 Å². The van der Waals surface area contributed by atoms with E-state index in [0.29, 0.717) is 24.5 Å². The minimum Gasteiger partial charge on any atom is -0.490 e. The van der Waals surface area contributed by atoms with Crippen LogP contribution in [0.4, 0.5) is 0 Å². The fraction of sp³-hybridized carbons (Fsp3) is 0.500. The third kappa shape index (κ3) is 5.63. The first-order chi connectivity index (χ1) is 10.4. The molecule has 0 unspecified atom stereocenters. The van der Waals surface area contributed by atoms with Crippen LogP contribution in [-0.4, -0.2) is 36.7 Å². The van der Waals surface area contributed by atoms with E-state index in [1.165, 1.54) is 0 Å². The van der Waals surface area contributed by atoms with Crippen molar-refractivity contribution in [1.82, 2.24) is 5.32 Å². The number of carbonyl (C=O) groups is 2. The van der Waals surface area contributed by atoms with E-state index in [4.69, 9.17) is 14.6 Å². The largest absolute Gasteiger partial charge is 0.490 e. The van der Waals surface area contributed by atoms with Crippen molar-refractivity contribution in [2.24, 2.45) is 5.41 Å². The predicted molar refractivity (Wildman–Crippen MR) is 82.1 cm³/mol. The number of para-hydroxylation sites is 2. The summed E-state index contributed by atoms with van der Waals surface area (Å²) in [6.07, 6.45) is 0.351. The number of carboxylic acid groups (broad SMARTS) is 1. The Morgan fingerprint density at radius 3 is 2.32 bits per heavy atom. The van der Waals surface area contributed by atoms with Crippen LogP contribution in [0.5, 0.6) is 11.5 Å². The van der Waals surface area contributed by atoms with E-state index in [9.17, 15) is 9.59 Å². The average molecular weight is 309 g/mol. The highest BCUT2D eigenvalue weighted by Gasteiger charge is 2.26. The van der Waals surface area contributed by atoms with Crippen molar-refractivity contribution in [3.63, 3.8) is 0 Å². The summed E-state index contributed by atoms with van der Waals surface area (Å²) in [5.41, 5.74) is -0.865. The van der Waals surface area contributed by atoms with Gasteiger partial charge in [-0.2, -0.15) is 0 Å². The Labute approximate surface area is 130 Å². The summed E-state index contributed by atoms with van der Waals surface area (Å²) in [4.78, 5) is 22.7. The second kappa shape index (κ2) is 8.26. The zero-order chi connectivity index (χ0) is 16.6. The highest BCUT2D eigenvalue weighted by Crippen LogP contribution is 2.26. The van der Waals surface area contributed by atoms with Crippen LogP contribution in [0.25, 0.3) is 0 Å². The molecule has 0 aliphatic heterocycles. The van der Waals surface area contributed by atoms with Gasteiger partial charge in [-0.1, -0.05) is 12.1 Å². The SMILES string of the molecule is CCOc1ccccc1OCC(=O)NCCC(C)(C)C(=O)O. The highest BCUT2D eigenvalue weighted by atomic mass is 16.5. The van der Waals surface area contributed by atoms with Crippen molar-refractivity contribution in [3.05, 3.63) is 24.3 Å². The van der Waals surface area contributed by atoms with E-state index in [1.807, 2.05) is 13.0 Å². The molecule has 6 heteroatoms. The lowest BCUT2D eigenvalue weighted by Gasteiger charge is -2.19. The van der Waals surface area contributed by atoms with Crippen LogP contribution in [0.15, 0.2) is 24.3 Å². The molecule has 2 N–H and O–H groups in total. The van der Waals surface area contributed by atoms with Gasteiger partial charge in [-0.05, 0) is 39.3 Å². The molecule has 1 amide bonds. The Balaban J connectivity index is 2.39. The standard InChI is InChI=1S/C16H23NO5/c1-4-21-12-7-5-6-8-13(12)22-11-14(18)17-10-9-16(2,3)15(19)20/h5-8H,4,9-11H2,1-3H3,(H,17,18)(H,19,20). The molecular weight excluding hydrogens is 286 g/mol. The summed E-state index contributed by atoms with van der Waals surface area (Å²) in [6.45, 7) is 5.77. The molecule has 0 fully saturated rings. The minimum absolute atomic E-state index is 0.141. The molecule has 0 aromatic heterocycles. The quantitative estimate of drug-likeness (QED) is 0.729. The van der Waals surface area contributed by atoms with Crippen molar-refractivity contribution in [2.75, 3.05) is 19.8 Å². The third-order valence-corrected chi connectivity index (χ3v) is 3.16. The molecule has 1 aromatic rings. The Hall–Kier alpha value is -2.24. The summed E-state index contributed by atoms with van der Waals surface area (Å²) in [6, 6.07) is 7.12. The monoisotopic (exact) mass is 309 g/mol. The van der Waals surface area contributed by atoms with E-state index in [1.54, 1.807) is 32.0 Å². The fourth-order valence-electron chi connectivity index (χ4n) is 1.66. The molecule has 1 aromatic carbocycles. The first-order valence-corrected chi connectivity index (χ1v) is 7.21. The molecule has 0 heterocycles. The van der Waals surface area contributed by atoms with Gasteiger partial charge in [0.05, 0.1) is 12.0 Å². The highest BCUT2D eigenvalue weighted by molar-refractivity contribution is 5.78. The second-order valence-corrected chi connectivity index (χ2v) is 5.46. The summed E-state index contributed by atoms with van der Waals surface area (Å²) in [7, 11) is 0. The second-order valence-electron chi connectivity index (χ2n) is 5.46. The smallest absolute Gasteiger partial charge is 0.309 e. The number of rotatable bonds is 9.